The Labute approximate surface area is 183 Å². The standard InChI is InChI=1S/C19H28N4O2S.HI/c1-14-18(26-15(2)22-14)10-11-21-19(20-3)23(4)12-13-25-17-8-6-16(24-5)7-9-17;/h6-9H,10-13H2,1-5H3,(H,20,21);1H. The molecule has 0 atom stereocenters. The number of aliphatic imine (C=N–C) groups is 1. The van der Waals surface area contributed by atoms with Crippen LogP contribution in [0.3, 0.4) is 0 Å². The Kier molecular flexibility index (Phi) is 10.5. The number of likely N-dealkylation sites (N-methyl/N-ethyl adjacent to an activating group) is 1. The van der Waals surface area contributed by atoms with Crippen LogP contribution in [0.4, 0.5) is 0 Å². The zero-order valence-electron chi connectivity index (χ0n) is 16.6. The fourth-order valence-electron chi connectivity index (χ4n) is 2.56. The molecule has 1 aromatic heterocycles. The fourth-order valence-corrected chi connectivity index (χ4v) is 3.49. The summed E-state index contributed by atoms with van der Waals surface area (Å²) in [4.78, 5) is 12.2. The summed E-state index contributed by atoms with van der Waals surface area (Å²) in [5.41, 5.74) is 1.13. The summed E-state index contributed by atoms with van der Waals surface area (Å²) in [6.07, 6.45) is 0.951. The zero-order chi connectivity index (χ0) is 18.9. The van der Waals surface area contributed by atoms with Crippen LogP contribution < -0.4 is 14.8 Å². The Balaban J connectivity index is 0.00000364. The lowest BCUT2D eigenvalue weighted by atomic mass is 10.3. The molecule has 0 unspecified atom stereocenters. The number of thiazole rings is 1. The van der Waals surface area contributed by atoms with Gasteiger partial charge in [-0.3, -0.25) is 4.99 Å². The molecule has 0 fully saturated rings. The predicted molar refractivity (Wildman–Crippen MR) is 123 cm³/mol. The molecule has 2 aromatic rings. The second-order valence-corrected chi connectivity index (χ2v) is 7.20. The van der Waals surface area contributed by atoms with Crippen molar-refractivity contribution in [1.29, 1.82) is 0 Å². The van der Waals surface area contributed by atoms with Gasteiger partial charge in [0.05, 0.1) is 24.4 Å². The number of nitrogens with zero attached hydrogens (tertiary/aromatic N) is 3. The highest BCUT2D eigenvalue weighted by Gasteiger charge is 2.08. The Bertz CT molecular complexity index is 719. The van der Waals surface area contributed by atoms with Crippen LogP contribution in [0, 0.1) is 13.8 Å². The number of hydrogen-bond acceptors (Lipinski definition) is 5. The molecule has 0 aliphatic rings. The number of aryl methyl sites for hydroxylation is 2. The van der Waals surface area contributed by atoms with E-state index in [0.29, 0.717) is 6.61 Å². The van der Waals surface area contributed by atoms with Crippen molar-refractivity contribution in [2.45, 2.75) is 20.3 Å². The molecular weight excluding hydrogens is 475 g/mol. The normalized spacial score (nSPS) is 10.9. The van der Waals surface area contributed by atoms with Crippen molar-refractivity contribution >= 4 is 41.3 Å². The van der Waals surface area contributed by atoms with Crippen LogP contribution in [-0.2, 0) is 6.42 Å². The number of methoxy groups -OCH3 is 1. The van der Waals surface area contributed by atoms with Gasteiger partial charge in [0.1, 0.15) is 18.1 Å². The molecular formula is C19H29IN4O2S. The smallest absolute Gasteiger partial charge is 0.193 e. The largest absolute Gasteiger partial charge is 0.497 e. The molecule has 0 bridgehead atoms. The predicted octanol–water partition coefficient (Wildman–Crippen LogP) is 3.52. The molecule has 0 aliphatic heterocycles. The van der Waals surface area contributed by atoms with E-state index in [1.54, 1.807) is 25.5 Å². The summed E-state index contributed by atoms with van der Waals surface area (Å²) in [6.45, 7) is 6.26. The van der Waals surface area contributed by atoms with Crippen molar-refractivity contribution in [3.05, 3.63) is 39.8 Å². The third-order valence-electron chi connectivity index (χ3n) is 3.96. The van der Waals surface area contributed by atoms with Gasteiger partial charge in [0.25, 0.3) is 0 Å². The van der Waals surface area contributed by atoms with Crippen LogP contribution in [0.1, 0.15) is 15.6 Å². The number of benzene rings is 1. The first-order chi connectivity index (χ1) is 12.5. The third-order valence-corrected chi connectivity index (χ3v) is 5.10. The number of halogens is 1. The summed E-state index contributed by atoms with van der Waals surface area (Å²) < 4.78 is 10.9. The molecule has 0 amide bonds. The molecule has 1 N–H and O–H groups in total. The van der Waals surface area contributed by atoms with Gasteiger partial charge < -0.3 is 19.7 Å². The second kappa shape index (κ2) is 12.0. The van der Waals surface area contributed by atoms with Crippen molar-refractivity contribution in [2.24, 2.45) is 4.99 Å². The quantitative estimate of drug-likeness (QED) is 0.339. The molecule has 0 radical (unpaired) electrons. The molecule has 1 aromatic carbocycles. The number of nitrogens with one attached hydrogen (secondary N) is 1. The molecule has 1 heterocycles. The highest BCUT2D eigenvalue weighted by atomic mass is 127. The molecule has 8 heteroatoms. The maximum absolute atomic E-state index is 5.78. The summed E-state index contributed by atoms with van der Waals surface area (Å²) in [5, 5.41) is 4.52. The van der Waals surface area contributed by atoms with Crippen LogP contribution in [0.15, 0.2) is 29.3 Å². The highest BCUT2D eigenvalue weighted by molar-refractivity contribution is 14.0. The van der Waals surface area contributed by atoms with E-state index in [1.165, 1.54) is 4.88 Å². The topological polar surface area (TPSA) is 59.0 Å². The maximum Gasteiger partial charge on any atom is 0.193 e. The van der Waals surface area contributed by atoms with Crippen molar-refractivity contribution in [3.63, 3.8) is 0 Å². The Morgan fingerprint density at radius 1 is 1.22 bits per heavy atom. The van der Waals surface area contributed by atoms with Crippen molar-refractivity contribution < 1.29 is 9.47 Å². The van der Waals surface area contributed by atoms with Crippen LogP contribution in [-0.4, -0.2) is 56.7 Å². The number of aromatic nitrogens is 1. The molecule has 0 saturated heterocycles. The maximum atomic E-state index is 5.78. The van der Waals surface area contributed by atoms with Gasteiger partial charge in [-0.2, -0.15) is 0 Å². The average molecular weight is 504 g/mol. The SMILES string of the molecule is CN=C(NCCc1sc(C)nc1C)N(C)CCOc1ccc(OC)cc1.I. The first-order valence-corrected chi connectivity index (χ1v) is 9.46. The van der Waals surface area contributed by atoms with Crippen LogP contribution in [0.5, 0.6) is 11.5 Å². The number of rotatable bonds is 8. The van der Waals surface area contributed by atoms with Gasteiger partial charge in [0, 0.05) is 31.9 Å². The van der Waals surface area contributed by atoms with E-state index in [0.717, 1.165) is 47.7 Å². The van der Waals surface area contributed by atoms with Gasteiger partial charge in [-0.1, -0.05) is 0 Å². The fraction of sp³-hybridized carbons (Fsp3) is 0.474. The summed E-state index contributed by atoms with van der Waals surface area (Å²) in [7, 11) is 5.46. The van der Waals surface area contributed by atoms with Crippen molar-refractivity contribution in [3.8, 4) is 11.5 Å². The van der Waals surface area contributed by atoms with E-state index in [9.17, 15) is 0 Å². The number of guanidine groups is 1. The van der Waals surface area contributed by atoms with Gasteiger partial charge in [-0.05, 0) is 38.1 Å². The summed E-state index contributed by atoms with van der Waals surface area (Å²) >= 11 is 1.76. The minimum atomic E-state index is 0. The lowest BCUT2D eigenvalue weighted by Gasteiger charge is -2.22. The lowest BCUT2D eigenvalue weighted by molar-refractivity contribution is 0.281. The molecule has 0 spiro atoms. The van der Waals surface area contributed by atoms with Crippen LogP contribution in [0.2, 0.25) is 0 Å². The van der Waals surface area contributed by atoms with E-state index in [2.05, 4.69) is 27.1 Å². The van der Waals surface area contributed by atoms with Gasteiger partial charge in [-0.15, -0.1) is 35.3 Å². The monoisotopic (exact) mass is 504 g/mol. The molecule has 0 aliphatic carbocycles. The minimum Gasteiger partial charge on any atom is -0.497 e. The first kappa shape index (κ1) is 23.5. The van der Waals surface area contributed by atoms with Crippen LogP contribution >= 0.6 is 35.3 Å². The number of hydrogen-bond donors (Lipinski definition) is 1. The second-order valence-electron chi connectivity index (χ2n) is 5.91. The average Bonchev–Trinajstić information content (AvgIpc) is 2.96. The van der Waals surface area contributed by atoms with Gasteiger partial charge in [-0.25, -0.2) is 4.98 Å². The molecule has 6 nitrogen and oxygen atoms in total. The van der Waals surface area contributed by atoms with Crippen molar-refractivity contribution in [1.82, 2.24) is 15.2 Å². The summed E-state index contributed by atoms with van der Waals surface area (Å²) in [6, 6.07) is 7.60. The van der Waals surface area contributed by atoms with E-state index >= 15 is 0 Å². The lowest BCUT2D eigenvalue weighted by Crippen LogP contribution is -2.41. The van der Waals surface area contributed by atoms with Crippen molar-refractivity contribution in [2.75, 3.05) is 40.9 Å². The molecule has 150 valence electrons. The van der Waals surface area contributed by atoms with E-state index in [1.807, 2.05) is 38.2 Å². The van der Waals surface area contributed by atoms with Gasteiger partial charge in [0.15, 0.2) is 5.96 Å². The Morgan fingerprint density at radius 3 is 2.44 bits per heavy atom. The van der Waals surface area contributed by atoms with Gasteiger partial charge >= 0.3 is 0 Å². The van der Waals surface area contributed by atoms with E-state index in [4.69, 9.17) is 9.47 Å². The first-order valence-electron chi connectivity index (χ1n) is 8.65. The molecule has 0 saturated carbocycles. The third kappa shape index (κ3) is 7.53. The summed E-state index contributed by atoms with van der Waals surface area (Å²) in [5.74, 6) is 2.52. The zero-order valence-corrected chi connectivity index (χ0v) is 19.8. The minimum absolute atomic E-state index is 0. The Morgan fingerprint density at radius 2 is 1.89 bits per heavy atom. The number of ether oxygens (including phenoxy) is 2. The van der Waals surface area contributed by atoms with Crippen LogP contribution in [0.25, 0.3) is 0 Å². The molecule has 27 heavy (non-hydrogen) atoms. The van der Waals surface area contributed by atoms with E-state index in [-0.39, 0.29) is 24.0 Å². The molecule has 2 rings (SSSR count). The van der Waals surface area contributed by atoms with Gasteiger partial charge in [0.2, 0.25) is 0 Å². The highest BCUT2D eigenvalue weighted by Crippen LogP contribution is 2.17. The van der Waals surface area contributed by atoms with E-state index < -0.39 is 0 Å². The Hall–Kier alpha value is -1.55.